The molecule has 1 aromatic carbocycles. The quantitative estimate of drug-likeness (QED) is 0.455. The molecular formula is C17H20O2. The molecule has 0 heterocycles. The third-order valence-electron chi connectivity index (χ3n) is 2.46. The van der Waals surface area contributed by atoms with Gasteiger partial charge in [0.2, 0.25) is 0 Å². The normalized spacial score (nSPS) is 11.7. The number of carbonyl (C=O) groups is 1. The van der Waals surface area contributed by atoms with Gasteiger partial charge in [0.25, 0.3) is 0 Å². The summed E-state index contributed by atoms with van der Waals surface area (Å²) in [5, 5.41) is 0. The molecule has 1 atom stereocenters. The summed E-state index contributed by atoms with van der Waals surface area (Å²) in [4.78, 5) is 11.0. The topological polar surface area (TPSA) is 26.3 Å². The lowest BCUT2D eigenvalue weighted by Gasteiger charge is -2.05. The lowest BCUT2D eigenvalue weighted by atomic mass is 10.2. The molecule has 0 aliphatic carbocycles. The summed E-state index contributed by atoms with van der Waals surface area (Å²) in [6.45, 7) is 3.53. The van der Waals surface area contributed by atoms with Crippen LogP contribution >= 0.6 is 0 Å². The molecule has 0 aliphatic rings. The van der Waals surface area contributed by atoms with Gasteiger partial charge >= 0.3 is 5.97 Å². The Morgan fingerprint density at radius 2 is 2.11 bits per heavy atom. The molecule has 2 heteroatoms. The molecule has 2 nitrogen and oxygen atoms in total. The lowest BCUT2D eigenvalue weighted by Crippen LogP contribution is -2.11. The van der Waals surface area contributed by atoms with Crippen LogP contribution in [0.25, 0.3) is 6.08 Å². The van der Waals surface area contributed by atoms with E-state index in [0.29, 0.717) is 0 Å². The fourth-order valence-corrected chi connectivity index (χ4v) is 1.50. The average Bonchev–Trinajstić information content (AvgIpc) is 2.41. The number of unbranched alkanes of at least 4 members (excludes halogenated alkanes) is 2. The fraction of sp³-hybridized carbons (Fsp3) is 0.353. The number of benzene rings is 1. The molecular weight excluding hydrogens is 236 g/mol. The van der Waals surface area contributed by atoms with Crippen molar-refractivity contribution in [3.05, 3.63) is 42.0 Å². The smallest absolute Gasteiger partial charge is 0.304 e. The number of rotatable bonds is 5. The van der Waals surface area contributed by atoms with E-state index in [-0.39, 0.29) is 5.97 Å². The van der Waals surface area contributed by atoms with E-state index in [9.17, 15) is 4.79 Å². The number of hydrogen-bond donors (Lipinski definition) is 0. The Morgan fingerprint density at radius 3 is 2.74 bits per heavy atom. The molecule has 1 unspecified atom stereocenters. The molecule has 0 fully saturated rings. The highest BCUT2D eigenvalue weighted by Crippen LogP contribution is 2.04. The highest BCUT2D eigenvalue weighted by atomic mass is 16.5. The second-order valence-electron chi connectivity index (χ2n) is 4.22. The Kier molecular flexibility index (Phi) is 7.12. The summed E-state index contributed by atoms with van der Waals surface area (Å²) in [6, 6.07) is 9.88. The van der Waals surface area contributed by atoms with Gasteiger partial charge in [-0.05, 0) is 18.1 Å². The van der Waals surface area contributed by atoms with Gasteiger partial charge in [0, 0.05) is 13.3 Å². The maximum atomic E-state index is 11.0. The number of carbonyl (C=O) groups excluding carboxylic acids is 1. The summed E-state index contributed by atoms with van der Waals surface area (Å²) in [7, 11) is 0. The van der Waals surface area contributed by atoms with Crippen molar-refractivity contribution >= 4 is 12.0 Å². The Balaban J connectivity index is 2.65. The van der Waals surface area contributed by atoms with E-state index in [4.69, 9.17) is 4.74 Å². The van der Waals surface area contributed by atoms with Crippen LogP contribution in [-0.2, 0) is 9.53 Å². The summed E-state index contributed by atoms with van der Waals surface area (Å²) in [5.74, 6) is 5.71. The van der Waals surface area contributed by atoms with E-state index < -0.39 is 6.10 Å². The van der Waals surface area contributed by atoms with Crippen molar-refractivity contribution in [3.8, 4) is 11.8 Å². The molecule has 0 N–H and O–H groups in total. The van der Waals surface area contributed by atoms with Gasteiger partial charge in [0.05, 0.1) is 0 Å². The largest absolute Gasteiger partial charge is 0.445 e. The second-order valence-corrected chi connectivity index (χ2v) is 4.22. The van der Waals surface area contributed by atoms with Gasteiger partial charge in [-0.25, -0.2) is 0 Å². The maximum Gasteiger partial charge on any atom is 0.304 e. The summed E-state index contributed by atoms with van der Waals surface area (Å²) < 4.78 is 5.15. The zero-order valence-corrected chi connectivity index (χ0v) is 11.6. The molecule has 0 saturated heterocycles. The fourth-order valence-electron chi connectivity index (χ4n) is 1.50. The Labute approximate surface area is 115 Å². The van der Waals surface area contributed by atoms with Gasteiger partial charge in [0.15, 0.2) is 6.10 Å². The second kappa shape index (κ2) is 8.99. The van der Waals surface area contributed by atoms with Crippen molar-refractivity contribution < 1.29 is 9.53 Å². The highest BCUT2D eigenvalue weighted by Gasteiger charge is 2.03. The highest BCUT2D eigenvalue weighted by molar-refractivity contribution is 5.67. The van der Waals surface area contributed by atoms with Crippen molar-refractivity contribution in [2.45, 2.75) is 39.2 Å². The van der Waals surface area contributed by atoms with Crippen LogP contribution in [0, 0.1) is 11.8 Å². The standard InChI is InChI=1S/C17H20O2/c1-3-4-5-9-12-17(19-15(2)18)14-13-16-10-7-6-8-11-16/h6-8,10-11,13-14,17H,3-5H2,1-2H3/b14-13+. The van der Waals surface area contributed by atoms with Crippen LogP contribution in [0.15, 0.2) is 36.4 Å². The zero-order valence-electron chi connectivity index (χ0n) is 11.6. The van der Waals surface area contributed by atoms with E-state index in [1.807, 2.05) is 42.5 Å². The van der Waals surface area contributed by atoms with Gasteiger partial charge < -0.3 is 4.74 Å². The molecule has 19 heavy (non-hydrogen) atoms. The van der Waals surface area contributed by atoms with Crippen LogP contribution in [0.2, 0.25) is 0 Å². The van der Waals surface area contributed by atoms with Crippen molar-refractivity contribution in [1.29, 1.82) is 0 Å². The first-order chi connectivity index (χ1) is 9.22. The van der Waals surface area contributed by atoms with Crippen molar-refractivity contribution in [2.24, 2.45) is 0 Å². The molecule has 1 rings (SSSR count). The molecule has 0 radical (unpaired) electrons. The first kappa shape index (κ1) is 15.0. The zero-order chi connectivity index (χ0) is 13.9. The number of esters is 1. The molecule has 1 aromatic rings. The van der Waals surface area contributed by atoms with Crippen LogP contribution in [0.3, 0.4) is 0 Å². The minimum Gasteiger partial charge on any atom is -0.445 e. The third kappa shape index (κ3) is 7.10. The monoisotopic (exact) mass is 256 g/mol. The molecule has 0 spiro atoms. The van der Waals surface area contributed by atoms with E-state index in [1.54, 1.807) is 0 Å². The Hall–Kier alpha value is -2.01. The van der Waals surface area contributed by atoms with Crippen LogP contribution in [0.4, 0.5) is 0 Å². The van der Waals surface area contributed by atoms with Crippen LogP contribution in [-0.4, -0.2) is 12.1 Å². The molecule has 0 aliphatic heterocycles. The van der Waals surface area contributed by atoms with E-state index in [1.165, 1.54) is 6.92 Å². The third-order valence-corrected chi connectivity index (χ3v) is 2.46. The van der Waals surface area contributed by atoms with Crippen LogP contribution in [0.1, 0.15) is 38.7 Å². The summed E-state index contributed by atoms with van der Waals surface area (Å²) in [6.07, 6.45) is 6.30. The van der Waals surface area contributed by atoms with E-state index in [2.05, 4.69) is 18.8 Å². The molecule has 0 amide bonds. The first-order valence-corrected chi connectivity index (χ1v) is 6.61. The summed E-state index contributed by atoms with van der Waals surface area (Å²) >= 11 is 0. The minimum absolute atomic E-state index is 0.312. The number of ether oxygens (including phenoxy) is 1. The first-order valence-electron chi connectivity index (χ1n) is 6.61. The molecule has 0 saturated carbocycles. The predicted molar refractivity (Wildman–Crippen MR) is 78.3 cm³/mol. The van der Waals surface area contributed by atoms with E-state index >= 15 is 0 Å². The van der Waals surface area contributed by atoms with Gasteiger partial charge in [-0.1, -0.05) is 61.6 Å². The van der Waals surface area contributed by atoms with E-state index in [0.717, 1.165) is 24.8 Å². The van der Waals surface area contributed by atoms with Gasteiger partial charge in [-0.15, -0.1) is 0 Å². The Bertz CT molecular complexity index is 463. The van der Waals surface area contributed by atoms with Crippen LogP contribution in [0.5, 0.6) is 0 Å². The predicted octanol–water partition coefficient (Wildman–Crippen LogP) is 3.83. The average molecular weight is 256 g/mol. The maximum absolute atomic E-state index is 11.0. The molecule has 100 valence electrons. The van der Waals surface area contributed by atoms with Gasteiger partial charge in [-0.2, -0.15) is 0 Å². The van der Waals surface area contributed by atoms with Gasteiger partial charge in [0.1, 0.15) is 0 Å². The SMILES string of the molecule is CCCCC#CC(/C=C/c1ccccc1)OC(C)=O. The molecule has 0 bridgehead atoms. The van der Waals surface area contributed by atoms with Crippen LogP contribution < -0.4 is 0 Å². The van der Waals surface area contributed by atoms with Crippen molar-refractivity contribution in [3.63, 3.8) is 0 Å². The Morgan fingerprint density at radius 1 is 1.37 bits per heavy atom. The van der Waals surface area contributed by atoms with Crippen molar-refractivity contribution in [2.75, 3.05) is 0 Å². The van der Waals surface area contributed by atoms with Crippen molar-refractivity contribution in [1.82, 2.24) is 0 Å². The summed E-state index contributed by atoms with van der Waals surface area (Å²) in [5.41, 5.74) is 1.06. The van der Waals surface area contributed by atoms with Gasteiger partial charge in [-0.3, -0.25) is 4.79 Å². The number of hydrogen-bond acceptors (Lipinski definition) is 2. The molecule has 0 aromatic heterocycles. The lowest BCUT2D eigenvalue weighted by molar-refractivity contribution is -0.142. The minimum atomic E-state index is -0.463.